The topological polar surface area (TPSA) is 72.4 Å². The molecule has 1 aliphatic heterocycles. The van der Waals surface area contributed by atoms with E-state index in [1.165, 1.54) is 0 Å². The van der Waals surface area contributed by atoms with Gasteiger partial charge < -0.3 is 13.8 Å². The highest BCUT2D eigenvalue weighted by atomic mass is 35.5. The van der Waals surface area contributed by atoms with Crippen molar-refractivity contribution >= 4 is 17.5 Å². The second-order valence-electron chi connectivity index (χ2n) is 6.05. The molecule has 4 rings (SSSR count). The molecule has 1 atom stereocenters. The van der Waals surface area contributed by atoms with E-state index in [1.54, 1.807) is 18.4 Å². The van der Waals surface area contributed by atoms with Gasteiger partial charge in [0.2, 0.25) is 5.91 Å². The van der Waals surface area contributed by atoms with Crippen molar-refractivity contribution in [2.75, 3.05) is 13.1 Å². The fraction of sp³-hybridized carbons (Fsp3) is 0.278. The van der Waals surface area contributed by atoms with Crippen LogP contribution in [-0.2, 0) is 11.2 Å². The Morgan fingerprint density at radius 2 is 2.08 bits per heavy atom. The third-order valence-corrected chi connectivity index (χ3v) is 4.59. The van der Waals surface area contributed by atoms with Crippen LogP contribution in [0.5, 0.6) is 0 Å². The summed E-state index contributed by atoms with van der Waals surface area (Å²) in [5.41, 5.74) is 1.15. The van der Waals surface area contributed by atoms with Gasteiger partial charge in [-0.1, -0.05) is 28.9 Å². The maximum atomic E-state index is 12.3. The predicted octanol–water partition coefficient (Wildman–Crippen LogP) is 3.54. The summed E-state index contributed by atoms with van der Waals surface area (Å²) in [6.45, 7) is 1.27. The van der Waals surface area contributed by atoms with Crippen LogP contribution in [0.4, 0.5) is 0 Å². The summed E-state index contributed by atoms with van der Waals surface area (Å²) in [4.78, 5) is 18.5. The molecule has 1 saturated heterocycles. The summed E-state index contributed by atoms with van der Waals surface area (Å²) in [5.74, 6) is 1.48. The van der Waals surface area contributed by atoms with Gasteiger partial charge >= 0.3 is 0 Å². The minimum Gasteiger partial charge on any atom is -0.459 e. The summed E-state index contributed by atoms with van der Waals surface area (Å²) in [6, 6.07) is 11.2. The highest BCUT2D eigenvalue weighted by Gasteiger charge is 2.33. The van der Waals surface area contributed by atoms with Gasteiger partial charge in [0, 0.05) is 30.5 Å². The maximum Gasteiger partial charge on any atom is 0.293 e. The smallest absolute Gasteiger partial charge is 0.293 e. The Morgan fingerprint density at radius 1 is 1.24 bits per heavy atom. The van der Waals surface area contributed by atoms with Gasteiger partial charge in [0.05, 0.1) is 6.26 Å². The Morgan fingerprint density at radius 3 is 2.84 bits per heavy atom. The molecule has 1 aromatic carbocycles. The molecule has 1 unspecified atom stereocenters. The lowest BCUT2D eigenvalue weighted by Crippen LogP contribution is -2.27. The number of halogens is 1. The lowest BCUT2D eigenvalue weighted by Gasteiger charge is -2.15. The summed E-state index contributed by atoms with van der Waals surface area (Å²) in [5, 5.41) is 4.72. The van der Waals surface area contributed by atoms with Gasteiger partial charge in [-0.25, -0.2) is 0 Å². The van der Waals surface area contributed by atoms with Crippen LogP contribution in [-0.4, -0.2) is 34.0 Å². The van der Waals surface area contributed by atoms with Crippen LogP contribution in [0.15, 0.2) is 51.6 Å². The number of benzene rings is 1. The van der Waals surface area contributed by atoms with Crippen LogP contribution in [0.1, 0.15) is 23.7 Å². The third-order valence-electron chi connectivity index (χ3n) is 4.34. The lowest BCUT2D eigenvalue weighted by atomic mass is 10.1. The molecule has 7 heteroatoms. The van der Waals surface area contributed by atoms with E-state index in [4.69, 9.17) is 20.5 Å². The Labute approximate surface area is 149 Å². The maximum absolute atomic E-state index is 12.3. The van der Waals surface area contributed by atoms with Crippen molar-refractivity contribution in [2.24, 2.45) is 0 Å². The van der Waals surface area contributed by atoms with Crippen LogP contribution in [0.3, 0.4) is 0 Å². The first-order chi connectivity index (χ1) is 12.2. The molecule has 0 spiro atoms. The van der Waals surface area contributed by atoms with E-state index in [-0.39, 0.29) is 11.8 Å². The number of hydrogen-bond donors (Lipinski definition) is 0. The lowest BCUT2D eigenvalue weighted by molar-refractivity contribution is -0.127. The highest BCUT2D eigenvalue weighted by molar-refractivity contribution is 6.30. The van der Waals surface area contributed by atoms with Gasteiger partial charge in [-0.2, -0.15) is 4.98 Å². The number of carbonyl (C=O) groups excluding carboxylic acids is 1. The van der Waals surface area contributed by atoms with Gasteiger partial charge in [-0.3, -0.25) is 4.79 Å². The first-order valence-corrected chi connectivity index (χ1v) is 8.46. The molecule has 3 heterocycles. The van der Waals surface area contributed by atoms with Crippen molar-refractivity contribution < 1.29 is 13.7 Å². The predicted molar refractivity (Wildman–Crippen MR) is 91.1 cm³/mol. The molecule has 0 radical (unpaired) electrons. The quantitative estimate of drug-likeness (QED) is 0.698. The molecule has 0 bridgehead atoms. The fourth-order valence-electron chi connectivity index (χ4n) is 2.98. The van der Waals surface area contributed by atoms with Crippen LogP contribution in [0, 0.1) is 0 Å². The molecule has 0 saturated carbocycles. The Balaban J connectivity index is 1.39. The van der Waals surface area contributed by atoms with Crippen LogP contribution < -0.4 is 0 Å². The van der Waals surface area contributed by atoms with Crippen molar-refractivity contribution in [1.29, 1.82) is 0 Å². The zero-order chi connectivity index (χ0) is 17.2. The van der Waals surface area contributed by atoms with E-state index < -0.39 is 0 Å². The monoisotopic (exact) mass is 357 g/mol. The van der Waals surface area contributed by atoms with Crippen molar-refractivity contribution in [3.8, 4) is 11.7 Å². The first-order valence-electron chi connectivity index (χ1n) is 8.09. The molecule has 1 aliphatic rings. The van der Waals surface area contributed by atoms with Crippen molar-refractivity contribution in [1.82, 2.24) is 15.0 Å². The third kappa shape index (κ3) is 3.44. The van der Waals surface area contributed by atoms with Crippen LogP contribution >= 0.6 is 11.6 Å². The summed E-state index contributed by atoms with van der Waals surface area (Å²) in [6.07, 6.45) is 2.74. The second-order valence-corrected chi connectivity index (χ2v) is 6.49. The number of hydrogen-bond acceptors (Lipinski definition) is 5. The number of furan rings is 1. The van der Waals surface area contributed by atoms with E-state index in [0.717, 1.165) is 12.0 Å². The van der Waals surface area contributed by atoms with Gasteiger partial charge in [-0.05, 0) is 36.2 Å². The zero-order valence-corrected chi connectivity index (χ0v) is 14.1. The molecule has 2 aromatic heterocycles. The van der Waals surface area contributed by atoms with Crippen molar-refractivity contribution in [2.45, 2.75) is 18.8 Å². The van der Waals surface area contributed by atoms with Gasteiger partial charge in [0.25, 0.3) is 5.89 Å². The van der Waals surface area contributed by atoms with Crippen molar-refractivity contribution in [3.05, 3.63) is 59.1 Å². The molecule has 25 heavy (non-hydrogen) atoms. The largest absolute Gasteiger partial charge is 0.459 e. The Kier molecular flexibility index (Phi) is 4.28. The van der Waals surface area contributed by atoms with E-state index in [0.29, 0.717) is 42.0 Å². The minimum atomic E-state index is -0.0508. The molecule has 128 valence electrons. The van der Waals surface area contributed by atoms with Crippen LogP contribution in [0.25, 0.3) is 11.7 Å². The molecule has 6 nitrogen and oxygen atoms in total. The molecule has 0 N–H and O–H groups in total. The second kappa shape index (κ2) is 6.72. The number of rotatable bonds is 5. The average molecular weight is 358 g/mol. The highest BCUT2D eigenvalue weighted by Crippen LogP contribution is 2.28. The number of nitrogens with zero attached hydrogens (tertiary/aromatic N) is 3. The summed E-state index contributed by atoms with van der Waals surface area (Å²) >= 11 is 5.89. The number of carbonyl (C=O) groups is 1. The summed E-state index contributed by atoms with van der Waals surface area (Å²) in [7, 11) is 0. The SMILES string of the molecule is O=C1CC(c2noc(-c3ccco3)n2)CN1CCc1ccc(Cl)cc1. The van der Waals surface area contributed by atoms with E-state index in [2.05, 4.69) is 10.1 Å². The number of amides is 1. The van der Waals surface area contributed by atoms with E-state index in [1.807, 2.05) is 29.2 Å². The Hall–Kier alpha value is -2.60. The number of likely N-dealkylation sites (tertiary alicyclic amines) is 1. The van der Waals surface area contributed by atoms with Crippen molar-refractivity contribution in [3.63, 3.8) is 0 Å². The molecule has 0 aliphatic carbocycles. The fourth-order valence-corrected chi connectivity index (χ4v) is 3.10. The molecule has 1 amide bonds. The van der Waals surface area contributed by atoms with Gasteiger partial charge in [-0.15, -0.1) is 0 Å². The first kappa shape index (κ1) is 15.9. The average Bonchev–Trinajstić information content (AvgIpc) is 3.35. The van der Waals surface area contributed by atoms with Gasteiger partial charge in [0.1, 0.15) is 0 Å². The van der Waals surface area contributed by atoms with E-state index in [9.17, 15) is 4.79 Å². The zero-order valence-electron chi connectivity index (χ0n) is 13.4. The van der Waals surface area contributed by atoms with Crippen LogP contribution in [0.2, 0.25) is 5.02 Å². The Bertz CT molecular complexity index is 858. The number of aromatic nitrogens is 2. The standard InChI is InChI=1S/C18H16ClN3O3/c19-14-5-3-12(4-6-14)7-8-22-11-13(10-16(22)23)17-20-18(25-21-17)15-2-1-9-24-15/h1-6,9,13H,7-8,10-11H2. The van der Waals surface area contributed by atoms with E-state index >= 15 is 0 Å². The summed E-state index contributed by atoms with van der Waals surface area (Å²) < 4.78 is 10.5. The molecule has 3 aromatic rings. The normalized spacial score (nSPS) is 17.4. The molecular weight excluding hydrogens is 342 g/mol. The minimum absolute atomic E-state index is 0.0508. The van der Waals surface area contributed by atoms with Gasteiger partial charge in [0.15, 0.2) is 11.6 Å². The molecular formula is C18H16ClN3O3. The molecule has 1 fully saturated rings.